The number of allylic oxidation sites excluding steroid dienone is 2. The van der Waals surface area contributed by atoms with E-state index in [4.69, 9.17) is 11.6 Å². The van der Waals surface area contributed by atoms with E-state index in [0.717, 1.165) is 37.2 Å². The molecule has 1 aromatic heterocycles. The fourth-order valence-electron chi connectivity index (χ4n) is 2.55. The van der Waals surface area contributed by atoms with Crippen LogP contribution in [0.25, 0.3) is 0 Å². The van der Waals surface area contributed by atoms with Crippen LogP contribution in [0.15, 0.2) is 47.5 Å². The van der Waals surface area contributed by atoms with Crippen LogP contribution < -0.4 is 10.2 Å². The van der Waals surface area contributed by atoms with Gasteiger partial charge in [0.1, 0.15) is 0 Å². The van der Waals surface area contributed by atoms with E-state index in [1.54, 1.807) is 11.1 Å². The molecule has 0 bridgehead atoms. The average Bonchev–Trinajstić information content (AvgIpc) is 2.60. The number of likely N-dealkylation sites (N-methyl/N-ethyl adjacent to an activating group) is 1. The molecule has 0 atom stereocenters. The summed E-state index contributed by atoms with van der Waals surface area (Å²) in [5, 5.41) is 3.53. The van der Waals surface area contributed by atoms with Crippen LogP contribution in [0.3, 0.4) is 0 Å². The lowest BCUT2D eigenvalue weighted by molar-refractivity contribution is 0.214. The summed E-state index contributed by atoms with van der Waals surface area (Å²) < 4.78 is 0. The van der Waals surface area contributed by atoms with Crippen LogP contribution in [0, 0.1) is 0 Å². The van der Waals surface area contributed by atoms with Gasteiger partial charge >= 0.3 is 6.03 Å². The number of aromatic nitrogens is 1. The number of pyridine rings is 1. The monoisotopic (exact) mass is 348 g/mol. The molecule has 2 rings (SSSR count). The van der Waals surface area contributed by atoms with Gasteiger partial charge in [-0.15, -0.1) is 0 Å². The number of urea groups is 1. The van der Waals surface area contributed by atoms with Gasteiger partial charge in [-0.3, -0.25) is 9.88 Å². The van der Waals surface area contributed by atoms with Crippen molar-refractivity contribution < 1.29 is 4.79 Å². The van der Waals surface area contributed by atoms with E-state index in [9.17, 15) is 4.79 Å². The molecule has 1 aliphatic heterocycles. The largest absolute Gasteiger partial charge is 0.345 e. The quantitative estimate of drug-likeness (QED) is 0.871. The summed E-state index contributed by atoms with van der Waals surface area (Å²) in [7, 11) is 0. The SMILES string of the molecule is CCCNC(=O)N(CC)C1=CN(c2cccnc2)CCCC=C1Cl. The van der Waals surface area contributed by atoms with Crippen LogP contribution in [0.4, 0.5) is 10.5 Å². The van der Waals surface area contributed by atoms with Gasteiger partial charge in [-0.05, 0) is 38.3 Å². The molecule has 2 heterocycles. The maximum absolute atomic E-state index is 12.5. The van der Waals surface area contributed by atoms with Crippen molar-refractivity contribution in [2.75, 3.05) is 24.5 Å². The smallest absolute Gasteiger partial charge is 0.321 e. The highest BCUT2D eigenvalue weighted by Crippen LogP contribution is 2.26. The second-order valence-electron chi connectivity index (χ2n) is 5.59. The van der Waals surface area contributed by atoms with Crippen molar-refractivity contribution >= 4 is 23.3 Å². The minimum absolute atomic E-state index is 0.121. The molecule has 0 unspecified atom stereocenters. The first-order valence-corrected chi connectivity index (χ1v) is 8.85. The number of amides is 2. The second-order valence-corrected chi connectivity index (χ2v) is 6.00. The molecule has 0 spiro atoms. The molecular formula is C18H25ClN4O. The Balaban J connectivity index is 2.34. The van der Waals surface area contributed by atoms with E-state index >= 15 is 0 Å². The Kier molecular flexibility index (Phi) is 7.12. The first-order chi connectivity index (χ1) is 11.7. The van der Waals surface area contributed by atoms with Crippen LogP contribution in [0.2, 0.25) is 0 Å². The molecule has 1 N–H and O–H groups in total. The summed E-state index contributed by atoms with van der Waals surface area (Å²) >= 11 is 6.49. The highest BCUT2D eigenvalue weighted by atomic mass is 35.5. The second kappa shape index (κ2) is 9.33. The van der Waals surface area contributed by atoms with E-state index in [-0.39, 0.29) is 6.03 Å². The van der Waals surface area contributed by atoms with Crippen molar-refractivity contribution in [3.8, 4) is 0 Å². The molecule has 5 nitrogen and oxygen atoms in total. The van der Waals surface area contributed by atoms with Gasteiger partial charge in [0.2, 0.25) is 0 Å². The molecular weight excluding hydrogens is 324 g/mol. The van der Waals surface area contributed by atoms with E-state index in [1.165, 1.54) is 0 Å². The molecule has 6 heteroatoms. The Hall–Kier alpha value is -2.01. The van der Waals surface area contributed by atoms with Crippen LogP contribution in [0.5, 0.6) is 0 Å². The molecule has 1 aliphatic rings. The van der Waals surface area contributed by atoms with Gasteiger partial charge in [-0.2, -0.15) is 0 Å². The number of nitrogens with one attached hydrogen (secondary N) is 1. The Morgan fingerprint density at radius 1 is 1.46 bits per heavy atom. The number of anilines is 1. The van der Waals surface area contributed by atoms with Gasteiger partial charge in [0.15, 0.2) is 0 Å². The van der Waals surface area contributed by atoms with E-state index < -0.39 is 0 Å². The first kappa shape index (κ1) is 18.3. The highest BCUT2D eigenvalue weighted by molar-refractivity contribution is 6.32. The van der Waals surface area contributed by atoms with Crippen LogP contribution in [0.1, 0.15) is 33.1 Å². The minimum Gasteiger partial charge on any atom is -0.345 e. The zero-order valence-electron chi connectivity index (χ0n) is 14.3. The summed E-state index contributed by atoms with van der Waals surface area (Å²) in [5.41, 5.74) is 1.71. The predicted octanol–water partition coefficient (Wildman–Crippen LogP) is 4.09. The molecule has 0 aromatic carbocycles. The molecule has 0 saturated heterocycles. The van der Waals surface area contributed by atoms with E-state index in [1.807, 2.05) is 44.5 Å². The number of nitrogens with zero attached hydrogens (tertiary/aromatic N) is 3. The van der Waals surface area contributed by atoms with Crippen LogP contribution in [-0.2, 0) is 0 Å². The molecule has 0 fully saturated rings. The van der Waals surface area contributed by atoms with Crippen LogP contribution in [-0.4, -0.2) is 35.5 Å². The summed E-state index contributed by atoms with van der Waals surface area (Å²) in [4.78, 5) is 20.5. The van der Waals surface area contributed by atoms with Gasteiger partial charge in [-0.25, -0.2) is 4.79 Å². The van der Waals surface area contributed by atoms with E-state index in [2.05, 4.69) is 15.2 Å². The van der Waals surface area contributed by atoms with Crippen molar-refractivity contribution in [2.24, 2.45) is 0 Å². The molecule has 1 aromatic rings. The molecule has 0 saturated carbocycles. The number of carbonyl (C=O) groups is 1. The molecule has 24 heavy (non-hydrogen) atoms. The zero-order valence-corrected chi connectivity index (χ0v) is 15.1. The molecule has 130 valence electrons. The zero-order chi connectivity index (χ0) is 17.4. The van der Waals surface area contributed by atoms with Crippen molar-refractivity contribution in [1.29, 1.82) is 0 Å². The summed E-state index contributed by atoms with van der Waals surface area (Å²) in [6.45, 7) is 6.03. The Bertz CT molecular complexity index is 600. The van der Waals surface area contributed by atoms with Gasteiger partial charge in [0, 0.05) is 32.0 Å². The summed E-state index contributed by atoms with van der Waals surface area (Å²) in [6, 6.07) is 3.79. The topological polar surface area (TPSA) is 48.5 Å². The number of carbonyl (C=O) groups excluding carboxylic acids is 1. The number of rotatable bonds is 5. The fourth-order valence-corrected chi connectivity index (χ4v) is 2.81. The predicted molar refractivity (Wildman–Crippen MR) is 98.9 cm³/mol. The Morgan fingerprint density at radius 2 is 2.29 bits per heavy atom. The minimum atomic E-state index is -0.121. The van der Waals surface area contributed by atoms with Crippen molar-refractivity contribution in [1.82, 2.24) is 15.2 Å². The number of halogens is 1. The standard InChI is InChI=1S/C18H25ClN4O/c1-3-10-21-18(24)23(4-2)17-14-22(12-6-5-9-16(17)19)15-8-7-11-20-13-15/h7-9,11,13-14H,3-6,10,12H2,1-2H3,(H,21,24). The van der Waals surface area contributed by atoms with Gasteiger partial charge in [0.05, 0.1) is 22.6 Å². The average molecular weight is 349 g/mol. The lowest BCUT2D eigenvalue weighted by Crippen LogP contribution is -2.40. The third-order valence-corrected chi connectivity index (χ3v) is 4.15. The fraction of sp³-hybridized carbons (Fsp3) is 0.444. The molecule has 0 aliphatic carbocycles. The molecule has 0 radical (unpaired) electrons. The van der Waals surface area contributed by atoms with Crippen molar-refractivity contribution in [3.05, 3.63) is 47.5 Å². The Labute approximate surface area is 149 Å². The van der Waals surface area contributed by atoms with Gasteiger partial charge < -0.3 is 10.2 Å². The maximum atomic E-state index is 12.5. The Morgan fingerprint density at radius 3 is 2.96 bits per heavy atom. The first-order valence-electron chi connectivity index (χ1n) is 8.47. The lowest BCUT2D eigenvalue weighted by atomic mass is 10.2. The normalized spacial score (nSPS) is 15.0. The van der Waals surface area contributed by atoms with Crippen molar-refractivity contribution in [3.63, 3.8) is 0 Å². The van der Waals surface area contributed by atoms with Crippen LogP contribution >= 0.6 is 11.6 Å². The summed E-state index contributed by atoms with van der Waals surface area (Å²) in [6.07, 6.45) is 10.3. The third kappa shape index (κ3) is 4.74. The van der Waals surface area contributed by atoms with E-state index in [0.29, 0.717) is 18.1 Å². The van der Waals surface area contributed by atoms with Crippen molar-refractivity contribution in [2.45, 2.75) is 33.1 Å². The summed E-state index contributed by atoms with van der Waals surface area (Å²) in [5.74, 6) is 0. The lowest BCUT2D eigenvalue weighted by Gasteiger charge is -2.29. The maximum Gasteiger partial charge on any atom is 0.321 e. The number of hydrogen-bond acceptors (Lipinski definition) is 3. The highest BCUT2D eigenvalue weighted by Gasteiger charge is 2.21. The van der Waals surface area contributed by atoms with Gasteiger partial charge in [-0.1, -0.05) is 24.6 Å². The molecule has 2 amide bonds. The van der Waals surface area contributed by atoms with Gasteiger partial charge in [0.25, 0.3) is 0 Å². The number of hydrogen-bond donors (Lipinski definition) is 1. The third-order valence-electron chi connectivity index (χ3n) is 3.81.